The standard InChI is InChI=1S/C10H13FO3/c1-6(12)9-8(13-2)5-4-7(11)10(9)14-3/h4-6,12H,1-3H3/t6-/m1/s1. The van der Waals surface area contributed by atoms with E-state index in [0.29, 0.717) is 11.3 Å². The van der Waals surface area contributed by atoms with E-state index in [-0.39, 0.29) is 5.75 Å². The third-order valence-electron chi connectivity index (χ3n) is 1.95. The molecule has 0 aromatic heterocycles. The lowest BCUT2D eigenvalue weighted by molar-refractivity contribution is 0.187. The van der Waals surface area contributed by atoms with Gasteiger partial charge in [0.25, 0.3) is 0 Å². The highest BCUT2D eigenvalue weighted by Crippen LogP contribution is 2.35. The fourth-order valence-electron chi connectivity index (χ4n) is 1.34. The normalized spacial score (nSPS) is 12.4. The van der Waals surface area contributed by atoms with Crippen LogP contribution in [0, 0.1) is 5.82 Å². The topological polar surface area (TPSA) is 38.7 Å². The first-order chi connectivity index (χ1) is 6.61. The average Bonchev–Trinajstić information content (AvgIpc) is 2.17. The average molecular weight is 200 g/mol. The number of benzene rings is 1. The van der Waals surface area contributed by atoms with Crippen LogP contribution in [0.4, 0.5) is 4.39 Å². The molecule has 0 aliphatic rings. The number of aliphatic hydroxyl groups is 1. The molecule has 0 amide bonds. The SMILES string of the molecule is COc1ccc(F)c(OC)c1[C@@H](C)O. The fourth-order valence-corrected chi connectivity index (χ4v) is 1.34. The molecule has 0 radical (unpaired) electrons. The van der Waals surface area contributed by atoms with Crippen molar-refractivity contribution in [3.8, 4) is 11.5 Å². The monoisotopic (exact) mass is 200 g/mol. The first-order valence-electron chi connectivity index (χ1n) is 4.20. The van der Waals surface area contributed by atoms with Crippen LogP contribution in [0.5, 0.6) is 11.5 Å². The summed E-state index contributed by atoms with van der Waals surface area (Å²) in [5.41, 5.74) is 0.329. The third kappa shape index (κ3) is 1.80. The van der Waals surface area contributed by atoms with Gasteiger partial charge in [0, 0.05) is 0 Å². The van der Waals surface area contributed by atoms with E-state index >= 15 is 0 Å². The van der Waals surface area contributed by atoms with Crippen LogP contribution in [0.1, 0.15) is 18.6 Å². The van der Waals surface area contributed by atoms with Crippen molar-refractivity contribution >= 4 is 0 Å². The molecule has 1 N–H and O–H groups in total. The van der Waals surface area contributed by atoms with Crippen LogP contribution in [0.2, 0.25) is 0 Å². The first kappa shape index (κ1) is 10.8. The van der Waals surface area contributed by atoms with Crippen molar-refractivity contribution in [2.45, 2.75) is 13.0 Å². The number of hydrogen-bond donors (Lipinski definition) is 1. The van der Waals surface area contributed by atoms with Gasteiger partial charge in [-0.2, -0.15) is 0 Å². The van der Waals surface area contributed by atoms with Crippen molar-refractivity contribution in [1.82, 2.24) is 0 Å². The van der Waals surface area contributed by atoms with Gasteiger partial charge in [-0.15, -0.1) is 0 Å². The van der Waals surface area contributed by atoms with Gasteiger partial charge < -0.3 is 14.6 Å². The second-order valence-electron chi connectivity index (χ2n) is 2.87. The molecule has 0 saturated carbocycles. The van der Waals surface area contributed by atoms with E-state index in [1.165, 1.54) is 33.3 Å². The molecule has 0 spiro atoms. The van der Waals surface area contributed by atoms with Gasteiger partial charge in [-0.05, 0) is 19.1 Å². The van der Waals surface area contributed by atoms with Crippen molar-refractivity contribution in [2.24, 2.45) is 0 Å². The summed E-state index contributed by atoms with van der Waals surface area (Å²) in [5.74, 6) is -0.0678. The second-order valence-corrected chi connectivity index (χ2v) is 2.87. The summed E-state index contributed by atoms with van der Waals surface area (Å²) >= 11 is 0. The molecule has 1 aromatic carbocycles. The van der Waals surface area contributed by atoms with E-state index in [1.807, 2.05) is 0 Å². The van der Waals surface area contributed by atoms with Crippen molar-refractivity contribution in [2.75, 3.05) is 14.2 Å². The maximum atomic E-state index is 13.2. The van der Waals surface area contributed by atoms with Crippen LogP contribution >= 0.6 is 0 Å². The van der Waals surface area contributed by atoms with Crippen LogP contribution < -0.4 is 9.47 Å². The van der Waals surface area contributed by atoms with Crippen LogP contribution in [0.25, 0.3) is 0 Å². The molecule has 1 atom stereocenters. The summed E-state index contributed by atoms with van der Waals surface area (Å²) in [5, 5.41) is 9.45. The van der Waals surface area contributed by atoms with E-state index in [4.69, 9.17) is 9.47 Å². The number of ether oxygens (including phenoxy) is 2. The molecule has 0 aliphatic heterocycles. The number of methoxy groups -OCH3 is 2. The Hall–Kier alpha value is -1.29. The highest BCUT2D eigenvalue weighted by atomic mass is 19.1. The number of hydrogen-bond acceptors (Lipinski definition) is 3. The van der Waals surface area contributed by atoms with Gasteiger partial charge in [0.05, 0.1) is 25.9 Å². The lowest BCUT2D eigenvalue weighted by Gasteiger charge is -2.15. The number of aliphatic hydroxyl groups excluding tert-OH is 1. The van der Waals surface area contributed by atoms with E-state index in [0.717, 1.165) is 0 Å². The van der Waals surface area contributed by atoms with Crippen LogP contribution in [0.3, 0.4) is 0 Å². The summed E-state index contributed by atoms with van der Waals surface area (Å²) in [6.45, 7) is 1.53. The Bertz CT molecular complexity index is 323. The highest BCUT2D eigenvalue weighted by Gasteiger charge is 2.18. The van der Waals surface area contributed by atoms with Crippen molar-refractivity contribution in [1.29, 1.82) is 0 Å². The largest absolute Gasteiger partial charge is 0.496 e. The second kappa shape index (κ2) is 4.28. The van der Waals surface area contributed by atoms with Crippen LogP contribution in [-0.4, -0.2) is 19.3 Å². The van der Waals surface area contributed by atoms with Crippen LogP contribution in [-0.2, 0) is 0 Å². The van der Waals surface area contributed by atoms with E-state index < -0.39 is 11.9 Å². The molecular weight excluding hydrogens is 187 g/mol. The maximum absolute atomic E-state index is 13.2. The summed E-state index contributed by atoms with van der Waals surface area (Å²) in [6, 6.07) is 2.70. The minimum absolute atomic E-state index is 0.0272. The molecule has 1 aromatic rings. The molecule has 78 valence electrons. The first-order valence-corrected chi connectivity index (χ1v) is 4.20. The molecule has 1 rings (SSSR count). The summed E-state index contributed by atoms with van der Waals surface area (Å²) in [4.78, 5) is 0. The van der Waals surface area contributed by atoms with E-state index in [2.05, 4.69) is 0 Å². The van der Waals surface area contributed by atoms with E-state index in [9.17, 15) is 9.50 Å². The zero-order valence-electron chi connectivity index (χ0n) is 8.37. The third-order valence-corrected chi connectivity index (χ3v) is 1.95. The summed E-state index contributed by atoms with van der Waals surface area (Å²) in [7, 11) is 2.81. The quantitative estimate of drug-likeness (QED) is 0.809. The molecule has 4 heteroatoms. The van der Waals surface area contributed by atoms with Crippen molar-refractivity contribution in [3.05, 3.63) is 23.5 Å². The highest BCUT2D eigenvalue weighted by molar-refractivity contribution is 5.47. The summed E-state index contributed by atoms with van der Waals surface area (Å²) < 4.78 is 23.1. The zero-order chi connectivity index (χ0) is 10.7. The lowest BCUT2D eigenvalue weighted by atomic mass is 10.1. The Morgan fingerprint density at radius 3 is 2.36 bits per heavy atom. The molecule has 0 aliphatic carbocycles. The zero-order valence-corrected chi connectivity index (χ0v) is 8.37. The fraction of sp³-hybridized carbons (Fsp3) is 0.400. The molecule has 14 heavy (non-hydrogen) atoms. The van der Waals surface area contributed by atoms with Gasteiger partial charge in [0.2, 0.25) is 0 Å². The molecule has 0 fully saturated rings. The number of halogens is 1. The minimum atomic E-state index is -0.837. The molecular formula is C10H13FO3. The van der Waals surface area contributed by atoms with Gasteiger partial charge in [-0.25, -0.2) is 4.39 Å². The molecule has 0 saturated heterocycles. The summed E-state index contributed by atoms with van der Waals surface area (Å²) in [6.07, 6.45) is -0.837. The predicted molar refractivity (Wildman–Crippen MR) is 50.1 cm³/mol. The Morgan fingerprint density at radius 1 is 1.29 bits per heavy atom. The smallest absolute Gasteiger partial charge is 0.165 e. The molecule has 3 nitrogen and oxygen atoms in total. The van der Waals surface area contributed by atoms with Crippen molar-refractivity contribution < 1.29 is 19.0 Å². The predicted octanol–water partition coefficient (Wildman–Crippen LogP) is 1.90. The van der Waals surface area contributed by atoms with Gasteiger partial charge in [0.1, 0.15) is 5.75 Å². The maximum Gasteiger partial charge on any atom is 0.165 e. The van der Waals surface area contributed by atoms with Crippen LogP contribution in [0.15, 0.2) is 12.1 Å². The van der Waals surface area contributed by atoms with Gasteiger partial charge in [-0.3, -0.25) is 0 Å². The Kier molecular flexibility index (Phi) is 3.30. The Balaban J connectivity index is 3.36. The molecule has 0 heterocycles. The Morgan fingerprint density at radius 2 is 1.93 bits per heavy atom. The minimum Gasteiger partial charge on any atom is -0.496 e. The van der Waals surface area contributed by atoms with Gasteiger partial charge in [0.15, 0.2) is 11.6 Å². The number of rotatable bonds is 3. The van der Waals surface area contributed by atoms with Gasteiger partial charge in [-0.1, -0.05) is 0 Å². The molecule has 0 bridgehead atoms. The van der Waals surface area contributed by atoms with Crippen molar-refractivity contribution in [3.63, 3.8) is 0 Å². The Labute approximate surface area is 82.1 Å². The molecule has 0 unspecified atom stereocenters. The van der Waals surface area contributed by atoms with Gasteiger partial charge >= 0.3 is 0 Å². The van der Waals surface area contributed by atoms with E-state index in [1.54, 1.807) is 0 Å². The lowest BCUT2D eigenvalue weighted by Crippen LogP contribution is -2.02.